The van der Waals surface area contributed by atoms with Gasteiger partial charge in [0.05, 0.1) is 17.6 Å². The highest BCUT2D eigenvalue weighted by Gasteiger charge is 2.70. The number of carbonyl (C=O) groups excluding carboxylic acids is 1. The normalized spacial score (nSPS) is 27.2. The Bertz CT molecular complexity index is 797. The van der Waals surface area contributed by atoms with Crippen LogP contribution in [0.4, 0.5) is 4.79 Å². The van der Waals surface area contributed by atoms with Crippen LogP contribution in [0.15, 0.2) is 30.5 Å². The van der Waals surface area contributed by atoms with Crippen LogP contribution >= 0.6 is 0 Å². The van der Waals surface area contributed by atoms with E-state index in [2.05, 4.69) is 34.6 Å². The zero-order chi connectivity index (χ0) is 17.9. The summed E-state index contributed by atoms with van der Waals surface area (Å²) < 4.78 is 5.36. The highest BCUT2D eigenvalue weighted by Crippen LogP contribution is 2.67. The molecule has 0 unspecified atom stereocenters. The Balaban J connectivity index is 1.40. The second kappa shape index (κ2) is 5.07. The van der Waals surface area contributed by atoms with Crippen molar-refractivity contribution in [3.8, 4) is 5.69 Å². The number of alkyl carbamates (subject to hydrolysis) is 1. The van der Waals surface area contributed by atoms with Crippen LogP contribution < -0.4 is 5.32 Å². The first-order valence-corrected chi connectivity index (χ1v) is 8.70. The number of ether oxygens (including phenoxy) is 1. The quantitative estimate of drug-likeness (QED) is 0.931. The Morgan fingerprint density at radius 1 is 1.20 bits per heavy atom. The van der Waals surface area contributed by atoms with Gasteiger partial charge >= 0.3 is 6.09 Å². The van der Waals surface area contributed by atoms with Crippen molar-refractivity contribution in [3.05, 3.63) is 41.7 Å². The van der Waals surface area contributed by atoms with Gasteiger partial charge in [0.1, 0.15) is 5.60 Å². The summed E-state index contributed by atoms with van der Waals surface area (Å²) in [4.78, 5) is 13.7. The van der Waals surface area contributed by atoms with Gasteiger partial charge in [-0.25, -0.2) is 4.79 Å². The lowest BCUT2D eigenvalue weighted by molar-refractivity contribution is -0.0910. The van der Waals surface area contributed by atoms with E-state index in [0.717, 1.165) is 30.6 Å². The summed E-state index contributed by atoms with van der Waals surface area (Å²) in [5.41, 5.74) is 2.67. The molecule has 3 aliphatic rings. The van der Waals surface area contributed by atoms with Gasteiger partial charge in [0, 0.05) is 11.0 Å². The zero-order valence-corrected chi connectivity index (χ0v) is 15.2. The molecule has 6 nitrogen and oxygen atoms in total. The fourth-order valence-electron chi connectivity index (χ4n) is 4.02. The lowest BCUT2D eigenvalue weighted by atomic mass is 9.38. The Hall–Kier alpha value is -2.37. The van der Waals surface area contributed by atoms with Gasteiger partial charge in [-0.15, -0.1) is 0 Å². The number of aryl methyl sites for hydroxylation is 1. The van der Waals surface area contributed by atoms with E-state index < -0.39 is 5.60 Å². The molecule has 1 amide bonds. The maximum atomic E-state index is 12.0. The summed E-state index contributed by atoms with van der Waals surface area (Å²) in [6.07, 6.45) is 4.25. The zero-order valence-electron chi connectivity index (χ0n) is 15.2. The molecule has 0 atom stereocenters. The van der Waals surface area contributed by atoms with Crippen molar-refractivity contribution in [1.29, 1.82) is 0 Å². The van der Waals surface area contributed by atoms with E-state index in [1.165, 1.54) is 5.56 Å². The van der Waals surface area contributed by atoms with E-state index in [1.807, 2.05) is 39.1 Å². The minimum atomic E-state index is -0.470. The van der Waals surface area contributed by atoms with Gasteiger partial charge in [-0.1, -0.05) is 17.7 Å². The summed E-state index contributed by atoms with van der Waals surface area (Å²) in [6, 6.07) is 8.15. The molecule has 0 saturated heterocycles. The van der Waals surface area contributed by atoms with Crippen LogP contribution in [-0.2, 0) is 10.2 Å². The number of amides is 1. The van der Waals surface area contributed by atoms with Crippen molar-refractivity contribution in [3.63, 3.8) is 0 Å². The number of nitrogens with zero attached hydrogens (tertiary/aromatic N) is 3. The molecule has 0 radical (unpaired) electrons. The molecule has 1 N–H and O–H groups in total. The molecule has 1 aromatic carbocycles. The summed E-state index contributed by atoms with van der Waals surface area (Å²) >= 11 is 0. The lowest BCUT2D eigenvalue weighted by Gasteiger charge is -2.69. The summed E-state index contributed by atoms with van der Waals surface area (Å²) in [5, 5.41) is 12.1. The Morgan fingerprint density at radius 3 is 2.44 bits per heavy atom. The fourth-order valence-corrected chi connectivity index (χ4v) is 4.02. The van der Waals surface area contributed by atoms with Crippen LogP contribution in [-0.4, -0.2) is 32.2 Å². The number of carbonyl (C=O) groups is 1. The first-order chi connectivity index (χ1) is 11.7. The SMILES string of the molecule is Cc1ccc(-n2ncc(C34CC(NC(=O)OC(C)(C)C)(C3)C4)n2)cc1. The second-order valence-corrected chi connectivity index (χ2v) is 8.57. The average molecular weight is 340 g/mol. The predicted molar refractivity (Wildman–Crippen MR) is 93.7 cm³/mol. The van der Waals surface area contributed by atoms with E-state index in [1.54, 1.807) is 4.80 Å². The minimum absolute atomic E-state index is 0.0674. The van der Waals surface area contributed by atoms with Crippen molar-refractivity contribution in [1.82, 2.24) is 20.3 Å². The van der Waals surface area contributed by atoms with Crippen molar-refractivity contribution in [2.24, 2.45) is 0 Å². The molecule has 0 spiro atoms. The summed E-state index contributed by atoms with van der Waals surface area (Å²) in [6.45, 7) is 7.68. The van der Waals surface area contributed by atoms with Gasteiger partial charge in [0.2, 0.25) is 0 Å². The molecule has 3 aliphatic carbocycles. The van der Waals surface area contributed by atoms with Gasteiger partial charge in [-0.05, 0) is 59.1 Å². The van der Waals surface area contributed by atoms with Crippen LogP contribution in [0.1, 0.15) is 51.3 Å². The van der Waals surface area contributed by atoms with Crippen molar-refractivity contribution in [2.45, 2.75) is 63.5 Å². The third-order valence-electron chi connectivity index (χ3n) is 5.10. The maximum absolute atomic E-state index is 12.0. The first kappa shape index (κ1) is 16.1. The van der Waals surface area contributed by atoms with Gasteiger partial charge < -0.3 is 10.1 Å². The molecule has 3 fully saturated rings. The third kappa shape index (κ3) is 2.79. The second-order valence-electron chi connectivity index (χ2n) is 8.57. The van der Waals surface area contributed by atoms with Crippen molar-refractivity contribution < 1.29 is 9.53 Å². The topological polar surface area (TPSA) is 69.0 Å². The van der Waals surface area contributed by atoms with Gasteiger partial charge in [0.25, 0.3) is 0 Å². The number of nitrogens with one attached hydrogen (secondary N) is 1. The van der Waals surface area contributed by atoms with Gasteiger partial charge in [0.15, 0.2) is 0 Å². The number of benzene rings is 1. The minimum Gasteiger partial charge on any atom is -0.444 e. The third-order valence-corrected chi connectivity index (χ3v) is 5.10. The molecular formula is C19H24N4O2. The molecule has 2 bridgehead atoms. The number of aromatic nitrogens is 3. The predicted octanol–water partition coefficient (Wildman–Crippen LogP) is 3.27. The van der Waals surface area contributed by atoms with E-state index in [-0.39, 0.29) is 17.0 Å². The van der Waals surface area contributed by atoms with E-state index in [0.29, 0.717) is 0 Å². The summed E-state index contributed by atoms with van der Waals surface area (Å²) in [7, 11) is 0. The largest absolute Gasteiger partial charge is 0.444 e. The molecule has 5 rings (SSSR count). The summed E-state index contributed by atoms with van der Waals surface area (Å²) in [5.74, 6) is 0. The van der Waals surface area contributed by atoms with Crippen LogP contribution in [0.2, 0.25) is 0 Å². The van der Waals surface area contributed by atoms with Gasteiger partial charge in [-0.2, -0.15) is 15.0 Å². The molecule has 6 heteroatoms. The van der Waals surface area contributed by atoms with E-state index in [9.17, 15) is 4.79 Å². The van der Waals surface area contributed by atoms with Crippen LogP contribution in [0, 0.1) is 6.92 Å². The number of hydrogen-bond acceptors (Lipinski definition) is 4. The molecule has 1 heterocycles. The highest BCUT2D eigenvalue weighted by atomic mass is 16.6. The Morgan fingerprint density at radius 2 is 1.84 bits per heavy atom. The maximum Gasteiger partial charge on any atom is 0.408 e. The Labute approximate surface area is 147 Å². The fraction of sp³-hybridized carbons (Fsp3) is 0.526. The smallest absolute Gasteiger partial charge is 0.408 e. The van der Waals surface area contributed by atoms with Crippen molar-refractivity contribution >= 4 is 6.09 Å². The van der Waals surface area contributed by atoms with E-state index >= 15 is 0 Å². The Kier molecular flexibility index (Phi) is 3.27. The van der Waals surface area contributed by atoms with Crippen LogP contribution in [0.5, 0.6) is 0 Å². The monoisotopic (exact) mass is 340 g/mol. The molecular weight excluding hydrogens is 316 g/mol. The number of hydrogen-bond donors (Lipinski definition) is 1. The van der Waals surface area contributed by atoms with Crippen LogP contribution in [0.25, 0.3) is 5.69 Å². The molecule has 0 aliphatic heterocycles. The van der Waals surface area contributed by atoms with Crippen molar-refractivity contribution in [2.75, 3.05) is 0 Å². The standard InChI is InChI=1S/C19H24N4O2/c1-13-5-7-14(8-6-13)23-20-9-15(22-23)18-10-19(11-18,12-18)21-16(24)25-17(2,3)4/h5-9H,10-12H2,1-4H3,(H,21,24). The van der Waals surface area contributed by atoms with Crippen LogP contribution in [0.3, 0.4) is 0 Å². The van der Waals surface area contributed by atoms with E-state index in [4.69, 9.17) is 4.74 Å². The lowest BCUT2D eigenvalue weighted by Crippen LogP contribution is -2.77. The highest BCUT2D eigenvalue weighted by molar-refractivity contribution is 5.70. The molecule has 2 aromatic rings. The first-order valence-electron chi connectivity index (χ1n) is 8.70. The molecule has 3 saturated carbocycles. The molecule has 1 aromatic heterocycles. The number of rotatable bonds is 3. The van der Waals surface area contributed by atoms with Gasteiger partial charge in [-0.3, -0.25) is 0 Å². The molecule has 132 valence electrons. The molecule has 25 heavy (non-hydrogen) atoms. The average Bonchev–Trinajstić information content (AvgIpc) is 2.89.